The summed E-state index contributed by atoms with van der Waals surface area (Å²) in [4.78, 5) is 17.6. The quantitative estimate of drug-likeness (QED) is 0.835. The summed E-state index contributed by atoms with van der Waals surface area (Å²) in [6.45, 7) is 3.34. The maximum atomic E-state index is 11.4. The van der Waals surface area contributed by atoms with E-state index in [2.05, 4.69) is 44.9 Å². The highest BCUT2D eigenvalue weighted by molar-refractivity contribution is 9.10. The standard InChI is InChI=1S/C14H17BrN2O/c1-2-3-4-13-16-14(18)10-17(13)9-11-5-7-12(15)8-6-11/h5-8H,2-4,9-10H2,1H3. The molecule has 4 heteroatoms. The topological polar surface area (TPSA) is 32.7 Å². The zero-order chi connectivity index (χ0) is 13.0. The minimum atomic E-state index is -0.0155. The van der Waals surface area contributed by atoms with Crippen LogP contribution >= 0.6 is 15.9 Å². The number of hydrogen-bond donors (Lipinski definition) is 0. The van der Waals surface area contributed by atoms with Gasteiger partial charge in [0, 0.05) is 17.4 Å². The van der Waals surface area contributed by atoms with Gasteiger partial charge in [-0.25, -0.2) is 0 Å². The van der Waals surface area contributed by atoms with E-state index >= 15 is 0 Å². The molecule has 0 fully saturated rings. The van der Waals surface area contributed by atoms with Crippen LogP contribution in [0.3, 0.4) is 0 Å². The first-order chi connectivity index (χ1) is 8.69. The number of nitrogens with zero attached hydrogens (tertiary/aromatic N) is 2. The third kappa shape index (κ3) is 3.42. The molecule has 0 unspecified atom stereocenters. The Kier molecular flexibility index (Phi) is 4.53. The number of amidine groups is 1. The van der Waals surface area contributed by atoms with Crippen LogP contribution in [-0.4, -0.2) is 23.2 Å². The third-order valence-corrected chi connectivity index (χ3v) is 3.51. The lowest BCUT2D eigenvalue weighted by Crippen LogP contribution is -2.27. The minimum absolute atomic E-state index is 0.0155. The van der Waals surface area contributed by atoms with Crippen molar-refractivity contribution < 1.29 is 4.79 Å². The van der Waals surface area contributed by atoms with E-state index in [-0.39, 0.29) is 5.91 Å². The molecule has 0 aliphatic carbocycles. The number of rotatable bonds is 5. The number of carbonyl (C=O) groups is 1. The van der Waals surface area contributed by atoms with Crippen molar-refractivity contribution in [3.05, 3.63) is 34.3 Å². The predicted octanol–water partition coefficient (Wildman–Crippen LogP) is 3.38. The number of carbonyl (C=O) groups excluding carboxylic acids is 1. The van der Waals surface area contributed by atoms with E-state index in [4.69, 9.17) is 0 Å². The van der Waals surface area contributed by atoms with Gasteiger partial charge in [0.25, 0.3) is 5.91 Å². The van der Waals surface area contributed by atoms with Crippen LogP contribution in [0, 0.1) is 0 Å². The largest absolute Gasteiger partial charge is 0.346 e. The second-order valence-corrected chi connectivity index (χ2v) is 5.42. The number of benzene rings is 1. The SMILES string of the molecule is CCCCC1=NC(=O)CN1Cc1ccc(Br)cc1. The Morgan fingerprint density at radius 2 is 2.06 bits per heavy atom. The van der Waals surface area contributed by atoms with Gasteiger partial charge in [0.15, 0.2) is 0 Å². The summed E-state index contributed by atoms with van der Waals surface area (Å²) < 4.78 is 1.07. The third-order valence-electron chi connectivity index (χ3n) is 2.99. The molecule has 0 atom stereocenters. The average molecular weight is 309 g/mol. The van der Waals surface area contributed by atoms with Crippen molar-refractivity contribution in [2.75, 3.05) is 6.54 Å². The van der Waals surface area contributed by atoms with Gasteiger partial charge in [-0.3, -0.25) is 4.79 Å². The molecule has 0 saturated heterocycles. The Morgan fingerprint density at radius 1 is 1.33 bits per heavy atom. The molecule has 0 bridgehead atoms. The van der Waals surface area contributed by atoms with Crippen molar-refractivity contribution in [1.82, 2.24) is 4.90 Å². The molecule has 0 radical (unpaired) electrons. The molecule has 1 aromatic carbocycles. The fraction of sp³-hybridized carbons (Fsp3) is 0.429. The highest BCUT2D eigenvalue weighted by Gasteiger charge is 2.22. The number of halogens is 1. The molecule has 0 spiro atoms. The molecule has 1 heterocycles. The molecular formula is C14H17BrN2O. The van der Waals surface area contributed by atoms with E-state index < -0.39 is 0 Å². The summed E-state index contributed by atoms with van der Waals surface area (Å²) in [5, 5.41) is 0. The van der Waals surface area contributed by atoms with E-state index in [0.29, 0.717) is 6.54 Å². The Bertz CT molecular complexity index is 453. The van der Waals surface area contributed by atoms with Gasteiger partial charge in [0.05, 0.1) is 0 Å². The molecule has 0 N–H and O–H groups in total. The Balaban J connectivity index is 2.02. The fourth-order valence-corrected chi connectivity index (χ4v) is 2.28. The monoisotopic (exact) mass is 308 g/mol. The molecule has 96 valence electrons. The van der Waals surface area contributed by atoms with Gasteiger partial charge in [-0.05, 0) is 24.1 Å². The first kappa shape index (κ1) is 13.3. The number of aliphatic imine (C=N–C) groups is 1. The van der Waals surface area contributed by atoms with E-state index in [1.54, 1.807) is 0 Å². The summed E-state index contributed by atoms with van der Waals surface area (Å²) in [6.07, 6.45) is 3.11. The highest BCUT2D eigenvalue weighted by atomic mass is 79.9. The van der Waals surface area contributed by atoms with Gasteiger partial charge in [-0.2, -0.15) is 4.99 Å². The molecule has 18 heavy (non-hydrogen) atoms. The first-order valence-electron chi connectivity index (χ1n) is 6.29. The molecule has 1 aliphatic heterocycles. The summed E-state index contributed by atoms with van der Waals surface area (Å²) in [5.41, 5.74) is 1.21. The Labute approximate surface area is 116 Å². The lowest BCUT2D eigenvalue weighted by atomic mass is 10.2. The Morgan fingerprint density at radius 3 is 2.72 bits per heavy atom. The van der Waals surface area contributed by atoms with Crippen molar-refractivity contribution in [2.45, 2.75) is 32.7 Å². The fourth-order valence-electron chi connectivity index (χ4n) is 2.01. The summed E-state index contributed by atoms with van der Waals surface area (Å²) in [7, 11) is 0. The molecule has 1 aromatic rings. The van der Waals surface area contributed by atoms with Gasteiger partial charge in [0.2, 0.25) is 0 Å². The van der Waals surface area contributed by atoms with Crippen LogP contribution in [0.1, 0.15) is 31.7 Å². The maximum Gasteiger partial charge on any atom is 0.266 e. The molecule has 3 nitrogen and oxygen atoms in total. The lowest BCUT2D eigenvalue weighted by molar-refractivity contribution is -0.117. The van der Waals surface area contributed by atoms with Gasteiger partial charge in [-0.1, -0.05) is 41.4 Å². The molecule has 1 aliphatic rings. The first-order valence-corrected chi connectivity index (χ1v) is 7.08. The van der Waals surface area contributed by atoms with Crippen LogP contribution in [0.25, 0.3) is 0 Å². The molecule has 0 aromatic heterocycles. The smallest absolute Gasteiger partial charge is 0.266 e. The second-order valence-electron chi connectivity index (χ2n) is 4.51. The van der Waals surface area contributed by atoms with Crippen molar-refractivity contribution in [2.24, 2.45) is 4.99 Å². The van der Waals surface area contributed by atoms with Crippen LogP contribution in [0.2, 0.25) is 0 Å². The number of hydrogen-bond acceptors (Lipinski definition) is 2. The van der Waals surface area contributed by atoms with Crippen LogP contribution in [0.4, 0.5) is 0 Å². The second kappa shape index (κ2) is 6.14. The van der Waals surface area contributed by atoms with Gasteiger partial charge in [-0.15, -0.1) is 0 Å². The summed E-state index contributed by atoms with van der Waals surface area (Å²) >= 11 is 3.42. The average Bonchev–Trinajstić information content (AvgIpc) is 2.70. The van der Waals surface area contributed by atoms with E-state index in [1.165, 1.54) is 5.56 Å². The zero-order valence-corrected chi connectivity index (χ0v) is 12.1. The zero-order valence-electron chi connectivity index (χ0n) is 10.5. The van der Waals surface area contributed by atoms with Gasteiger partial charge >= 0.3 is 0 Å². The Hall–Kier alpha value is -1.16. The molecule has 1 amide bonds. The van der Waals surface area contributed by atoms with Gasteiger partial charge < -0.3 is 4.90 Å². The van der Waals surface area contributed by atoms with E-state index in [1.807, 2.05) is 12.1 Å². The predicted molar refractivity (Wildman–Crippen MR) is 76.5 cm³/mol. The summed E-state index contributed by atoms with van der Waals surface area (Å²) in [6, 6.07) is 8.20. The van der Waals surface area contributed by atoms with Crippen LogP contribution in [0.5, 0.6) is 0 Å². The highest BCUT2D eigenvalue weighted by Crippen LogP contribution is 2.16. The van der Waals surface area contributed by atoms with Crippen molar-refractivity contribution in [3.8, 4) is 0 Å². The molecule has 2 rings (SSSR count). The van der Waals surface area contributed by atoms with E-state index in [9.17, 15) is 4.79 Å². The van der Waals surface area contributed by atoms with Gasteiger partial charge in [0.1, 0.15) is 12.4 Å². The van der Waals surface area contributed by atoms with E-state index in [0.717, 1.165) is 36.1 Å². The minimum Gasteiger partial charge on any atom is -0.346 e. The number of amides is 1. The van der Waals surface area contributed by atoms with Crippen molar-refractivity contribution in [1.29, 1.82) is 0 Å². The van der Waals surface area contributed by atoms with Crippen molar-refractivity contribution in [3.63, 3.8) is 0 Å². The van der Waals surface area contributed by atoms with Crippen LogP contribution in [-0.2, 0) is 11.3 Å². The maximum absolute atomic E-state index is 11.4. The molecular weight excluding hydrogens is 292 g/mol. The summed E-state index contributed by atoms with van der Waals surface area (Å²) in [5.74, 6) is 0.933. The van der Waals surface area contributed by atoms with Crippen LogP contribution in [0.15, 0.2) is 33.7 Å². The normalized spacial score (nSPS) is 15.1. The lowest BCUT2D eigenvalue weighted by Gasteiger charge is -2.19. The van der Waals surface area contributed by atoms with Crippen molar-refractivity contribution >= 4 is 27.7 Å². The van der Waals surface area contributed by atoms with Crippen LogP contribution < -0.4 is 0 Å². The number of unbranched alkanes of at least 4 members (excludes halogenated alkanes) is 1. The molecule has 0 saturated carbocycles.